The van der Waals surface area contributed by atoms with Gasteiger partial charge in [0.2, 0.25) is 5.91 Å². The molecule has 2 heterocycles. The molecule has 6 nitrogen and oxygen atoms in total. The maximum atomic E-state index is 13.8. The van der Waals surface area contributed by atoms with Gasteiger partial charge in [0.1, 0.15) is 17.2 Å². The topological polar surface area (TPSA) is 82.0 Å². The van der Waals surface area contributed by atoms with E-state index in [1.807, 2.05) is 11.0 Å². The first-order valence-electron chi connectivity index (χ1n) is 10.4. The molecule has 0 saturated carbocycles. The Bertz CT molecular complexity index is 1160. The number of rotatable bonds is 5. The van der Waals surface area contributed by atoms with Crippen molar-refractivity contribution in [2.75, 3.05) is 25.0 Å². The first-order valence-corrected chi connectivity index (χ1v) is 10.4. The lowest BCUT2D eigenvalue weighted by molar-refractivity contribution is -0.116. The second kappa shape index (κ2) is 7.81. The lowest BCUT2D eigenvalue weighted by Crippen LogP contribution is -2.33. The molecule has 2 aliphatic heterocycles. The maximum Gasteiger partial charge on any atom is 0.224 e. The molecule has 2 aromatic carbocycles. The summed E-state index contributed by atoms with van der Waals surface area (Å²) in [5, 5.41) is 24.6. The Morgan fingerprint density at radius 3 is 2.81 bits per heavy atom. The molecule has 166 valence electrons. The number of nitrogens with one attached hydrogen (secondary N) is 1. The smallest absolute Gasteiger partial charge is 0.224 e. The van der Waals surface area contributed by atoms with Crippen molar-refractivity contribution in [1.29, 1.82) is 0 Å². The number of aryl methyl sites for hydroxylation is 1. The van der Waals surface area contributed by atoms with Crippen LogP contribution in [-0.2, 0) is 11.2 Å². The van der Waals surface area contributed by atoms with E-state index in [4.69, 9.17) is 4.74 Å². The monoisotopic (exact) mass is 440 g/mol. The molecule has 3 aliphatic rings. The van der Waals surface area contributed by atoms with Gasteiger partial charge in [-0.3, -0.25) is 9.69 Å². The number of carbonyl (C=O) groups excluding carboxylic acids is 1. The van der Waals surface area contributed by atoms with Crippen molar-refractivity contribution in [2.45, 2.75) is 24.5 Å². The Morgan fingerprint density at radius 1 is 1.19 bits per heavy atom. The number of ether oxygens (including phenoxy) is 1. The zero-order valence-electron chi connectivity index (χ0n) is 17.1. The van der Waals surface area contributed by atoms with Crippen LogP contribution >= 0.6 is 0 Å². The van der Waals surface area contributed by atoms with Crippen LogP contribution in [0.3, 0.4) is 0 Å². The third-order valence-electron chi connectivity index (χ3n) is 6.07. The summed E-state index contributed by atoms with van der Waals surface area (Å²) in [4.78, 5) is 13.4. The number of likely N-dealkylation sites (tertiary alicyclic amines) is 1. The molecule has 2 aromatic rings. The van der Waals surface area contributed by atoms with E-state index in [-0.39, 0.29) is 18.2 Å². The van der Waals surface area contributed by atoms with Gasteiger partial charge in [0.15, 0.2) is 11.6 Å². The highest BCUT2D eigenvalue weighted by Crippen LogP contribution is 2.37. The van der Waals surface area contributed by atoms with Crippen molar-refractivity contribution in [1.82, 2.24) is 4.90 Å². The van der Waals surface area contributed by atoms with Crippen LogP contribution in [0.1, 0.15) is 23.7 Å². The molecule has 1 fully saturated rings. The summed E-state index contributed by atoms with van der Waals surface area (Å²) in [6.45, 7) is 1.00. The largest absolute Gasteiger partial charge is 0.454 e. The van der Waals surface area contributed by atoms with Crippen LogP contribution in [0.25, 0.3) is 0 Å². The molecular formula is C24H22F2N2O4. The molecule has 8 heteroatoms. The lowest BCUT2D eigenvalue weighted by atomic mass is 9.98. The highest BCUT2D eigenvalue weighted by Gasteiger charge is 2.43. The zero-order chi connectivity index (χ0) is 22.5. The molecule has 3 N–H and O–H groups in total. The summed E-state index contributed by atoms with van der Waals surface area (Å²) in [7, 11) is 0. The summed E-state index contributed by atoms with van der Waals surface area (Å²) in [5.41, 5.74) is 1.96. The van der Waals surface area contributed by atoms with Crippen molar-refractivity contribution in [3.8, 4) is 5.75 Å². The minimum atomic E-state index is -1.26. The molecule has 2 atom stereocenters. The Kier molecular flexibility index (Phi) is 5.08. The first kappa shape index (κ1) is 20.8. The van der Waals surface area contributed by atoms with Gasteiger partial charge in [0.05, 0.1) is 6.10 Å². The fraction of sp³-hybridized carbons (Fsp3) is 0.292. The van der Waals surface area contributed by atoms with Crippen molar-refractivity contribution < 1.29 is 28.5 Å². The molecule has 0 unspecified atom stereocenters. The summed E-state index contributed by atoms with van der Waals surface area (Å²) in [6, 6.07) is 8.56. The second-order valence-corrected chi connectivity index (χ2v) is 8.47. The van der Waals surface area contributed by atoms with E-state index in [0.29, 0.717) is 37.3 Å². The van der Waals surface area contributed by atoms with Gasteiger partial charge >= 0.3 is 0 Å². The lowest BCUT2D eigenvalue weighted by Gasteiger charge is -2.23. The fourth-order valence-corrected chi connectivity index (χ4v) is 4.47. The van der Waals surface area contributed by atoms with Gasteiger partial charge in [-0.15, -0.1) is 0 Å². The van der Waals surface area contributed by atoms with Gasteiger partial charge in [-0.1, -0.05) is 12.1 Å². The van der Waals surface area contributed by atoms with Crippen LogP contribution in [0.4, 0.5) is 14.5 Å². The molecular weight excluding hydrogens is 418 g/mol. The fourth-order valence-electron chi connectivity index (χ4n) is 4.47. The van der Waals surface area contributed by atoms with Crippen molar-refractivity contribution in [3.05, 3.63) is 82.6 Å². The average Bonchev–Trinajstić information content (AvgIpc) is 3.19. The summed E-state index contributed by atoms with van der Waals surface area (Å²) >= 11 is 0. The number of aliphatic hydroxyl groups is 2. The van der Waals surface area contributed by atoms with E-state index in [1.165, 1.54) is 12.1 Å². The van der Waals surface area contributed by atoms with E-state index in [1.54, 1.807) is 18.2 Å². The van der Waals surface area contributed by atoms with Crippen molar-refractivity contribution in [3.63, 3.8) is 0 Å². The maximum absolute atomic E-state index is 13.8. The number of aliphatic hydroxyl groups excluding tert-OH is 1. The van der Waals surface area contributed by atoms with Crippen LogP contribution < -0.4 is 10.1 Å². The number of allylic oxidation sites excluding steroid dienone is 1. The highest BCUT2D eigenvalue weighted by molar-refractivity contribution is 5.93. The number of amides is 1. The Morgan fingerprint density at radius 2 is 2.03 bits per heavy atom. The van der Waals surface area contributed by atoms with E-state index in [9.17, 15) is 23.8 Å². The van der Waals surface area contributed by atoms with E-state index in [2.05, 4.69) is 5.32 Å². The molecule has 1 saturated heterocycles. The normalized spacial score (nSPS) is 23.2. The predicted molar refractivity (Wildman–Crippen MR) is 113 cm³/mol. The molecule has 1 amide bonds. The number of anilines is 1. The minimum Gasteiger partial charge on any atom is -0.454 e. The van der Waals surface area contributed by atoms with Crippen LogP contribution in [0.2, 0.25) is 0 Å². The zero-order valence-corrected chi connectivity index (χ0v) is 17.1. The van der Waals surface area contributed by atoms with Crippen LogP contribution in [-0.4, -0.2) is 46.3 Å². The number of nitrogens with zero attached hydrogens (tertiary/aromatic N) is 1. The number of carbonyl (C=O) groups is 1. The quantitative estimate of drug-likeness (QED) is 0.666. The Labute approximate surface area is 183 Å². The standard InChI is InChI=1S/C24H22F2N2O4/c25-17-3-5-22(19(26)9-17)32-18-8-16-11-28(13-24(16,31)10-18)12-21(29)15-1-4-20-14(7-15)2-6-23(30)27-20/h1,3-5,7-10,21,29,31H,2,6,11-13H2,(H,27,30)/t21-,24+/m0/s1. The van der Waals surface area contributed by atoms with E-state index in [0.717, 1.165) is 28.9 Å². The number of hydrogen-bond donors (Lipinski definition) is 3. The number of hydrogen-bond acceptors (Lipinski definition) is 5. The molecule has 32 heavy (non-hydrogen) atoms. The van der Waals surface area contributed by atoms with Gasteiger partial charge in [-0.05, 0) is 53.5 Å². The Hall–Kier alpha value is -3.07. The van der Waals surface area contributed by atoms with Crippen molar-refractivity contribution >= 4 is 11.6 Å². The molecule has 0 aromatic heterocycles. The van der Waals surface area contributed by atoms with Gasteiger partial charge in [0.25, 0.3) is 0 Å². The number of β-amino-alcohol motifs (C(OH)–C–C–N with tert-alkyl or cyclic N) is 2. The minimum absolute atomic E-state index is 0.00510. The molecule has 0 bridgehead atoms. The van der Waals surface area contributed by atoms with Crippen LogP contribution in [0, 0.1) is 11.6 Å². The highest BCUT2D eigenvalue weighted by atomic mass is 19.1. The SMILES string of the molecule is O=C1CCc2cc([C@@H](O)CN3CC4=CC(Oc5ccc(F)cc5F)=C[C@@]4(O)C3)ccc2N1. The predicted octanol–water partition coefficient (Wildman–Crippen LogP) is 2.83. The molecule has 5 rings (SSSR count). The average molecular weight is 440 g/mol. The number of fused-ring (bicyclic) bond motifs is 2. The third kappa shape index (κ3) is 3.92. The molecule has 1 aliphatic carbocycles. The Balaban J connectivity index is 1.24. The van der Waals surface area contributed by atoms with Crippen molar-refractivity contribution in [2.24, 2.45) is 0 Å². The molecule has 0 spiro atoms. The van der Waals surface area contributed by atoms with E-state index < -0.39 is 23.3 Å². The third-order valence-corrected chi connectivity index (χ3v) is 6.07. The van der Waals surface area contributed by atoms with Gasteiger partial charge in [-0.2, -0.15) is 0 Å². The van der Waals surface area contributed by atoms with Gasteiger partial charge in [-0.25, -0.2) is 8.78 Å². The van der Waals surface area contributed by atoms with Gasteiger partial charge in [0, 0.05) is 37.8 Å². The summed E-state index contributed by atoms with van der Waals surface area (Å²) < 4.78 is 32.4. The first-order chi connectivity index (χ1) is 15.3. The summed E-state index contributed by atoms with van der Waals surface area (Å²) in [5.74, 6) is -1.34. The number of halogens is 2. The number of benzene rings is 2. The summed E-state index contributed by atoms with van der Waals surface area (Å²) in [6.07, 6.45) is 3.48. The van der Waals surface area contributed by atoms with Crippen LogP contribution in [0.15, 0.2) is 59.9 Å². The van der Waals surface area contributed by atoms with Crippen LogP contribution in [0.5, 0.6) is 5.75 Å². The van der Waals surface area contributed by atoms with Gasteiger partial charge < -0.3 is 20.3 Å². The second-order valence-electron chi connectivity index (χ2n) is 8.47. The van der Waals surface area contributed by atoms with E-state index >= 15 is 0 Å². The molecule has 0 radical (unpaired) electrons.